The van der Waals surface area contributed by atoms with E-state index in [4.69, 9.17) is 0 Å². The van der Waals surface area contributed by atoms with Crippen molar-refractivity contribution in [2.24, 2.45) is 0 Å². The molecule has 1 amide bonds. The summed E-state index contributed by atoms with van der Waals surface area (Å²) in [6, 6.07) is 26.0. The highest BCUT2D eigenvalue weighted by Gasteiger charge is 2.27. The van der Waals surface area contributed by atoms with Gasteiger partial charge in [0.15, 0.2) is 0 Å². The molecule has 0 saturated carbocycles. The van der Waals surface area contributed by atoms with Crippen LogP contribution in [-0.2, 0) is 11.2 Å². The van der Waals surface area contributed by atoms with Crippen LogP contribution >= 0.6 is 11.8 Å². The minimum absolute atomic E-state index is 0.0560. The van der Waals surface area contributed by atoms with E-state index >= 15 is 0 Å². The maximum Gasteiger partial charge on any atom is 0.238 e. The molecule has 2 N–H and O–H groups in total. The molecule has 0 saturated heterocycles. The van der Waals surface area contributed by atoms with Crippen molar-refractivity contribution in [3.05, 3.63) is 84.4 Å². The highest BCUT2D eigenvalue weighted by atomic mass is 32.2. The van der Waals surface area contributed by atoms with Gasteiger partial charge in [-0.3, -0.25) is 4.79 Å². The first kappa shape index (κ1) is 15.8. The number of carbonyl (C=O) groups excluding carboxylic acids is 1. The van der Waals surface area contributed by atoms with E-state index < -0.39 is 0 Å². The van der Waals surface area contributed by atoms with Crippen LogP contribution in [0.15, 0.2) is 83.8 Å². The number of carbonyl (C=O) groups is 1. The lowest BCUT2D eigenvalue weighted by Gasteiger charge is -2.11. The fourth-order valence-corrected chi connectivity index (χ4v) is 4.07. The topological polar surface area (TPSA) is 41.1 Å². The number of hydrogen-bond acceptors (Lipinski definition) is 3. The molecule has 1 heterocycles. The van der Waals surface area contributed by atoms with Gasteiger partial charge in [-0.25, -0.2) is 0 Å². The number of rotatable bonds is 4. The van der Waals surface area contributed by atoms with Crippen LogP contribution < -0.4 is 10.6 Å². The first-order valence-electron chi connectivity index (χ1n) is 8.25. The second-order valence-corrected chi connectivity index (χ2v) is 7.22. The van der Waals surface area contributed by atoms with Crippen LogP contribution in [-0.4, -0.2) is 11.2 Å². The summed E-state index contributed by atoms with van der Waals surface area (Å²) < 4.78 is 0. The Hall–Kier alpha value is -2.72. The third kappa shape index (κ3) is 3.69. The van der Waals surface area contributed by atoms with Crippen molar-refractivity contribution in [2.75, 3.05) is 10.6 Å². The summed E-state index contributed by atoms with van der Waals surface area (Å²) in [6.45, 7) is 0. The second-order valence-electron chi connectivity index (χ2n) is 5.98. The molecule has 0 aromatic heterocycles. The lowest BCUT2D eigenvalue weighted by atomic mass is 10.1. The molecule has 4 rings (SSSR count). The zero-order valence-electron chi connectivity index (χ0n) is 13.6. The van der Waals surface area contributed by atoms with Gasteiger partial charge in [0.1, 0.15) is 0 Å². The normalized spacial score (nSPS) is 15.4. The molecule has 3 aromatic rings. The Balaban J connectivity index is 1.38. The molecule has 124 valence electrons. The summed E-state index contributed by atoms with van der Waals surface area (Å²) in [5.74, 6) is 0.0602. The highest BCUT2D eigenvalue weighted by molar-refractivity contribution is 8.01. The number of anilines is 3. The Morgan fingerprint density at radius 1 is 0.800 bits per heavy atom. The van der Waals surface area contributed by atoms with Gasteiger partial charge in [0, 0.05) is 22.0 Å². The molecular weight excluding hydrogens is 328 g/mol. The average Bonchev–Trinajstić information content (AvgIpc) is 3.09. The van der Waals surface area contributed by atoms with Crippen LogP contribution in [0.1, 0.15) is 5.56 Å². The van der Waals surface area contributed by atoms with Crippen LogP contribution in [0, 0.1) is 0 Å². The summed E-state index contributed by atoms with van der Waals surface area (Å²) in [5, 5.41) is 6.30. The van der Waals surface area contributed by atoms with Gasteiger partial charge < -0.3 is 10.6 Å². The minimum atomic E-state index is -0.0560. The summed E-state index contributed by atoms with van der Waals surface area (Å²) in [7, 11) is 0. The summed E-state index contributed by atoms with van der Waals surface area (Å²) in [5.41, 5.74) is 4.11. The van der Waals surface area contributed by atoms with Gasteiger partial charge in [0.2, 0.25) is 5.91 Å². The fraction of sp³-hybridized carbons (Fsp3) is 0.0952. The first-order valence-corrected chi connectivity index (χ1v) is 9.13. The number of thioether (sulfide) groups is 1. The van der Waals surface area contributed by atoms with E-state index in [1.165, 1.54) is 10.5 Å². The van der Waals surface area contributed by atoms with E-state index in [9.17, 15) is 4.79 Å². The van der Waals surface area contributed by atoms with Crippen molar-refractivity contribution in [1.82, 2.24) is 0 Å². The second kappa shape index (κ2) is 7.03. The molecule has 0 aliphatic carbocycles. The first-order chi connectivity index (χ1) is 12.3. The average molecular weight is 346 g/mol. The zero-order valence-corrected chi connectivity index (χ0v) is 14.4. The maximum atomic E-state index is 12.5. The fourth-order valence-electron chi connectivity index (χ4n) is 2.88. The van der Waals surface area contributed by atoms with E-state index in [1.54, 1.807) is 11.8 Å². The van der Waals surface area contributed by atoms with E-state index in [0.717, 1.165) is 23.5 Å². The van der Waals surface area contributed by atoms with Gasteiger partial charge in [0.05, 0.1) is 5.25 Å². The van der Waals surface area contributed by atoms with Crippen LogP contribution in [0.2, 0.25) is 0 Å². The van der Waals surface area contributed by atoms with Gasteiger partial charge >= 0.3 is 0 Å². The van der Waals surface area contributed by atoms with Crippen LogP contribution in [0.4, 0.5) is 17.1 Å². The number of para-hydroxylation sites is 1. The van der Waals surface area contributed by atoms with E-state index in [1.807, 2.05) is 66.7 Å². The lowest BCUT2D eigenvalue weighted by Crippen LogP contribution is -2.24. The molecule has 3 aromatic carbocycles. The number of nitrogens with one attached hydrogen (secondary N) is 2. The third-order valence-corrected chi connectivity index (χ3v) is 5.47. The quantitative estimate of drug-likeness (QED) is 0.692. The van der Waals surface area contributed by atoms with Gasteiger partial charge in [0.25, 0.3) is 0 Å². The van der Waals surface area contributed by atoms with Crippen molar-refractivity contribution in [3.63, 3.8) is 0 Å². The summed E-state index contributed by atoms with van der Waals surface area (Å²) >= 11 is 1.64. The monoisotopic (exact) mass is 346 g/mol. The lowest BCUT2D eigenvalue weighted by molar-refractivity contribution is -0.115. The van der Waals surface area contributed by atoms with Crippen LogP contribution in [0.5, 0.6) is 0 Å². The Morgan fingerprint density at radius 3 is 2.20 bits per heavy atom. The molecule has 1 atom stereocenters. The smallest absolute Gasteiger partial charge is 0.238 e. The predicted octanol–water partition coefficient (Wildman–Crippen LogP) is 5.09. The highest BCUT2D eigenvalue weighted by Crippen LogP contribution is 2.37. The van der Waals surface area contributed by atoms with Gasteiger partial charge in [-0.1, -0.05) is 36.4 Å². The molecule has 0 fully saturated rings. The Kier molecular flexibility index (Phi) is 4.44. The third-order valence-electron chi connectivity index (χ3n) is 4.15. The molecule has 1 unspecified atom stereocenters. The minimum Gasteiger partial charge on any atom is -0.356 e. The van der Waals surface area contributed by atoms with Crippen molar-refractivity contribution in [3.8, 4) is 0 Å². The summed E-state index contributed by atoms with van der Waals surface area (Å²) in [6.07, 6.45) is 0.792. The molecule has 25 heavy (non-hydrogen) atoms. The Labute approximate surface area is 151 Å². The van der Waals surface area contributed by atoms with Crippen molar-refractivity contribution < 1.29 is 4.79 Å². The van der Waals surface area contributed by atoms with E-state index in [2.05, 4.69) is 22.8 Å². The molecular formula is C21H18N2OS. The number of hydrogen-bond donors (Lipinski definition) is 2. The van der Waals surface area contributed by atoms with E-state index in [-0.39, 0.29) is 11.2 Å². The standard InChI is InChI=1S/C21H18N2OS/c24-21(20-14-15-6-4-5-9-19(15)25-20)23-18-12-10-17(11-13-18)22-16-7-2-1-3-8-16/h1-13,20,22H,14H2,(H,23,24). The van der Waals surface area contributed by atoms with Gasteiger partial charge in [-0.15, -0.1) is 11.8 Å². The van der Waals surface area contributed by atoms with Crippen LogP contribution in [0.3, 0.4) is 0 Å². The molecule has 0 radical (unpaired) electrons. The van der Waals surface area contributed by atoms with Crippen LogP contribution in [0.25, 0.3) is 0 Å². The molecule has 4 heteroatoms. The largest absolute Gasteiger partial charge is 0.356 e. The maximum absolute atomic E-state index is 12.5. The SMILES string of the molecule is O=C(Nc1ccc(Nc2ccccc2)cc1)C1Cc2ccccc2S1. The predicted molar refractivity (Wildman–Crippen MR) is 105 cm³/mol. The Bertz CT molecular complexity index is 853. The molecule has 1 aliphatic heterocycles. The number of fused-ring (bicyclic) bond motifs is 1. The summed E-state index contributed by atoms with van der Waals surface area (Å²) in [4.78, 5) is 13.7. The van der Waals surface area contributed by atoms with Gasteiger partial charge in [-0.2, -0.15) is 0 Å². The number of benzene rings is 3. The molecule has 0 spiro atoms. The van der Waals surface area contributed by atoms with E-state index in [0.29, 0.717) is 0 Å². The van der Waals surface area contributed by atoms with Crippen molar-refractivity contribution in [1.29, 1.82) is 0 Å². The van der Waals surface area contributed by atoms with Gasteiger partial charge in [-0.05, 0) is 54.4 Å². The Morgan fingerprint density at radius 2 is 1.44 bits per heavy atom. The molecule has 3 nitrogen and oxygen atoms in total. The van der Waals surface area contributed by atoms with Crippen molar-refractivity contribution >= 4 is 34.7 Å². The molecule has 0 bridgehead atoms. The van der Waals surface area contributed by atoms with Crippen molar-refractivity contribution in [2.45, 2.75) is 16.6 Å². The number of amides is 1. The molecule has 1 aliphatic rings. The zero-order chi connectivity index (χ0) is 17.1.